The standard InChI is InChI=1S/C15H17N3O3/c1-2-11-8-14(17-21-11)16-15(19)18-9-13(10-18)20-12-6-4-3-5-7-12/h3-8,13H,2,9-10H2,1H3,(H,16,17,19). The van der Waals surface area contributed by atoms with Crippen molar-refractivity contribution in [1.82, 2.24) is 10.1 Å². The van der Waals surface area contributed by atoms with Crippen LogP contribution < -0.4 is 10.1 Å². The zero-order chi connectivity index (χ0) is 14.7. The van der Waals surface area contributed by atoms with E-state index in [4.69, 9.17) is 9.26 Å². The van der Waals surface area contributed by atoms with Crippen molar-refractivity contribution < 1.29 is 14.1 Å². The first-order valence-electron chi connectivity index (χ1n) is 6.98. The molecule has 2 aromatic rings. The summed E-state index contributed by atoms with van der Waals surface area (Å²) in [5.41, 5.74) is 0. The number of rotatable bonds is 4. The van der Waals surface area contributed by atoms with Crippen LogP contribution in [-0.4, -0.2) is 35.3 Å². The molecule has 0 bridgehead atoms. The Morgan fingerprint density at radius 2 is 2.19 bits per heavy atom. The van der Waals surface area contributed by atoms with Crippen molar-refractivity contribution in [1.29, 1.82) is 0 Å². The number of hydrogen-bond acceptors (Lipinski definition) is 4. The second-order valence-corrected chi connectivity index (χ2v) is 4.92. The number of likely N-dealkylation sites (tertiary alicyclic amines) is 1. The van der Waals surface area contributed by atoms with Crippen molar-refractivity contribution in [3.63, 3.8) is 0 Å². The van der Waals surface area contributed by atoms with Crippen molar-refractivity contribution in [2.75, 3.05) is 18.4 Å². The van der Waals surface area contributed by atoms with Crippen LogP contribution in [0, 0.1) is 0 Å². The van der Waals surface area contributed by atoms with Crippen LogP contribution in [0.25, 0.3) is 0 Å². The number of amides is 2. The number of hydrogen-bond donors (Lipinski definition) is 1. The van der Waals surface area contributed by atoms with Crippen LogP contribution in [0.15, 0.2) is 40.9 Å². The van der Waals surface area contributed by atoms with Gasteiger partial charge in [0.05, 0.1) is 13.1 Å². The molecule has 1 aromatic heterocycles. The molecular weight excluding hydrogens is 270 g/mol. The minimum Gasteiger partial charge on any atom is -0.487 e. The van der Waals surface area contributed by atoms with E-state index in [1.165, 1.54) is 0 Å². The molecule has 1 aromatic carbocycles. The summed E-state index contributed by atoms with van der Waals surface area (Å²) in [4.78, 5) is 13.6. The van der Waals surface area contributed by atoms with E-state index in [-0.39, 0.29) is 12.1 Å². The van der Waals surface area contributed by atoms with Crippen LogP contribution in [0.5, 0.6) is 5.75 Å². The van der Waals surface area contributed by atoms with E-state index in [1.807, 2.05) is 37.3 Å². The minimum atomic E-state index is -0.182. The molecule has 1 saturated heterocycles. The first-order valence-corrected chi connectivity index (χ1v) is 6.98. The fraction of sp³-hybridized carbons (Fsp3) is 0.333. The Kier molecular flexibility index (Phi) is 3.77. The number of ether oxygens (including phenoxy) is 1. The number of carbonyl (C=O) groups is 1. The number of nitrogens with one attached hydrogen (secondary N) is 1. The van der Waals surface area contributed by atoms with Gasteiger partial charge in [-0.3, -0.25) is 5.32 Å². The number of anilines is 1. The van der Waals surface area contributed by atoms with E-state index < -0.39 is 0 Å². The minimum absolute atomic E-state index is 0.0432. The van der Waals surface area contributed by atoms with Gasteiger partial charge in [0, 0.05) is 12.5 Å². The quantitative estimate of drug-likeness (QED) is 0.938. The molecular formula is C15H17N3O3. The third-order valence-corrected chi connectivity index (χ3v) is 3.32. The molecule has 110 valence electrons. The van der Waals surface area contributed by atoms with Gasteiger partial charge in [0.25, 0.3) is 0 Å². The lowest BCUT2D eigenvalue weighted by Crippen LogP contribution is -2.57. The van der Waals surface area contributed by atoms with E-state index in [1.54, 1.807) is 11.0 Å². The van der Waals surface area contributed by atoms with E-state index in [0.717, 1.165) is 17.9 Å². The van der Waals surface area contributed by atoms with Gasteiger partial charge in [-0.1, -0.05) is 30.3 Å². The molecule has 0 aliphatic carbocycles. The summed E-state index contributed by atoms with van der Waals surface area (Å²) in [5, 5.41) is 6.50. The van der Waals surface area contributed by atoms with E-state index in [0.29, 0.717) is 18.9 Å². The summed E-state index contributed by atoms with van der Waals surface area (Å²) >= 11 is 0. The smallest absolute Gasteiger partial charge is 0.323 e. The average molecular weight is 287 g/mol. The fourth-order valence-corrected chi connectivity index (χ4v) is 2.10. The molecule has 0 radical (unpaired) electrons. The van der Waals surface area contributed by atoms with E-state index in [2.05, 4.69) is 10.5 Å². The van der Waals surface area contributed by atoms with Crippen molar-refractivity contribution in [3.8, 4) is 5.75 Å². The van der Waals surface area contributed by atoms with Crippen molar-refractivity contribution in [3.05, 3.63) is 42.2 Å². The van der Waals surface area contributed by atoms with Crippen molar-refractivity contribution in [2.45, 2.75) is 19.4 Å². The number of benzene rings is 1. The number of aryl methyl sites for hydroxylation is 1. The number of nitrogens with zero attached hydrogens (tertiary/aromatic N) is 2. The Morgan fingerprint density at radius 1 is 1.43 bits per heavy atom. The molecule has 1 N–H and O–H groups in total. The Morgan fingerprint density at radius 3 is 2.86 bits per heavy atom. The Hall–Kier alpha value is -2.50. The normalized spacial score (nSPS) is 14.6. The molecule has 1 aliphatic rings. The van der Waals surface area contributed by atoms with E-state index >= 15 is 0 Å². The predicted octanol–water partition coefficient (Wildman–Crippen LogP) is 2.53. The third kappa shape index (κ3) is 3.16. The summed E-state index contributed by atoms with van der Waals surface area (Å²) in [7, 11) is 0. The van der Waals surface area contributed by atoms with Gasteiger partial charge in [-0.05, 0) is 12.1 Å². The summed E-state index contributed by atoms with van der Waals surface area (Å²) in [6.07, 6.45) is 0.793. The van der Waals surface area contributed by atoms with Gasteiger partial charge in [-0.25, -0.2) is 4.79 Å². The number of urea groups is 1. The first kappa shape index (κ1) is 13.5. The van der Waals surface area contributed by atoms with Crippen LogP contribution in [0.3, 0.4) is 0 Å². The van der Waals surface area contributed by atoms with Gasteiger partial charge in [-0.2, -0.15) is 0 Å². The molecule has 2 heterocycles. The largest absolute Gasteiger partial charge is 0.487 e. The van der Waals surface area contributed by atoms with Crippen molar-refractivity contribution >= 4 is 11.8 Å². The Labute approximate surface area is 122 Å². The molecule has 0 unspecified atom stereocenters. The number of para-hydroxylation sites is 1. The Bertz CT molecular complexity index is 606. The second kappa shape index (κ2) is 5.87. The molecule has 3 rings (SSSR count). The van der Waals surface area contributed by atoms with E-state index in [9.17, 15) is 4.79 Å². The highest BCUT2D eigenvalue weighted by Crippen LogP contribution is 2.18. The maximum atomic E-state index is 12.0. The SMILES string of the molecule is CCc1cc(NC(=O)N2CC(Oc3ccccc3)C2)no1. The summed E-state index contributed by atoms with van der Waals surface area (Å²) in [6, 6.07) is 11.2. The second-order valence-electron chi connectivity index (χ2n) is 4.92. The van der Waals surface area contributed by atoms with Gasteiger partial charge < -0.3 is 14.2 Å². The lowest BCUT2D eigenvalue weighted by molar-refractivity contribution is 0.0492. The predicted molar refractivity (Wildman–Crippen MR) is 77.3 cm³/mol. The Balaban J connectivity index is 1.46. The zero-order valence-electron chi connectivity index (χ0n) is 11.8. The lowest BCUT2D eigenvalue weighted by Gasteiger charge is -2.38. The summed E-state index contributed by atoms with van der Waals surface area (Å²) in [6.45, 7) is 3.10. The van der Waals surface area contributed by atoms with Crippen molar-refractivity contribution in [2.24, 2.45) is 0 Å². The van der Waals surface area contributed by atoms with Gasteiger partial charge >= 0.3 is 6.03 Å². The monoisotopic (exact) mass is 287 g/mol. The molecule has 0 saturated carbocycles. The molecule has 6 nitrogen and oxygen atoms in total. The van der Waals surface area contributed by atoms with Gasteiger partial charge in [0.2, 0.25) is 0 Å². The topological polar surface area (TPSA) is 67.6 Å². The van der Waals surface area contributed by atoms with Crippen LogP contribution in [0.2, 0.25) is 0 Å². The maximum absolute atomic E-state index is 12.0. The van der Waals surface area contributed by atoms with Gasteiger partial charge in [0.15, 0.2) is 5.82 Å². The summed E-state index contributed by atoms with van der Waals surface area (Å²) < 4.78 is 10.8. The van der Waals surface area contributed by atoms with Crippen LogP contribution in [0.4, 0.5) is 10.6 Å². The summed E-state index contributed by atoms with van der Waals surface area (Å²) in [5.74, 6) is 2.02. The third-order valence-electron chi connectivity index (χ3n) is 3.32. The highest BCUT2D eigenvalue weighted by Gasteiger charge is 2.32. The molecule has 1 fully saturated rings. The maximum Gasteiger partial charge on any atom is 0.323 e. The number of carbonyl (C=O) groups excluding carboxylic acids is 1. The zero-order valence-corrected chi connectivity index (χ0v) is 11.8. The fourth-order valence-electron chi connectivity index (χ4n) is 2.10. The average Bonchev–Trinajstić information content (AvgIpc) is 2.91. The lowest BCUT2D eigenvalue weighted by atomic mass is 10.2. The number of aromatic nitrogens is 1. The van der Waals surface area contributed by atoms with Crippen LogP contribution in [-0.2, 0) is 6.42 Å². The molecule has 0 spiro atoms. The highest BCUT2D eigenvalue weighted by atomic mass is 16.5. The molecule has 2 amide bonds. The molecule has 0 atom stereocenters. The first-order chi connectivity index (χ1) is 10.2. The van der Waals surface area contributed by atoms with Crippen LogP contribution in [0.1, 0.15) is 12.7 Å². The van der Waals surface area contributed by atoms with Crippen LogP contribution >= 0.6 is 0 Å². The highest BCUT2D eigenvalue weighted by molar-refractivity contribution is 5.88. The molecule has 1 aliphatic heterocycles. The van der Waals surface area contributed by atoms with Gasteiger partial charge in [0.1, 0.15) is 17.6 Å². The molecule has 21 heavy (non-hydrogen) atoms. The molecule has 6 heteroatoms. The van der Waals surface area contributed by atoms with Gasteiger partial charge in [-0.15, -0.1) is 0 Å².